The van der Waals surface area contributed by atoms with Gasteiger partial charge in [0.05, 0.1) is 11.4 Å². The average molecular weight is 243 g/mol. The fourth-order valence-electron chi connectivity index (χ4n) is 1.27. The summed E-state index contributed by atoms with van der Waals surface area (Å²) in [5, 5.41) is 0. The van der Waals surface area contributed by atoms with Crippen LogP contribution in [-0.4, -0.2) is 11.9 Å². The summed E-state index contributed by atoms with van der Waals surface area (Å²) in [6.45, 7) is 2.18. The van der Waals surface area contributed by atoms with Crippen LogP contribution in [0.5, 0.6) is 0 Å². The first-order chi connectivity index (χ1) is 6.83. The summed E-state index contributed by atoms with van der Waals surface area (Å²) in [5.74, 6) is 0.990. The van der Waals surface area contributed by atoms with E-state index in [-0.39, 0.29) is 5.90 Å². The molecule has 0 nitrogen and oxygen atoms in total. The van der Waals surface area contributed by atoms with Crippen molar-refractivity contribution in [1.82, 2.24) is 0 Å². The Morgan fingerprint density at radius 2 is 2.00 bits per heavy atom. The first kappa shape index (κ1) is 12.2. The lowest BCUT2D eigenvalue weighted by Gasteiger charge is -1.96. The van der Waals surface area contributed by atoms with E-state index in [0.29, 0.717) is 0 Å². The van der Waals surface area contributed by atoms with Gasteiger partial charge < -0.3 is 0 Å². The molecule has 1 unspecified atom stereocenters. The van der Waals surface area contributed by atoms with E-state index in [1.54, 1.807) is 0 Å². The molecule has 0 aromatic heterocycles. The van der Waals surface area contributed by atoms with Crippen LogP contribution < -0.4 is 0 Å². The Morgan fingerprint density at radius 3 is 2.64 bits per heavy atom. The van der Waals surface area contributed by atoms with Crippen LogP contribution in [0, 0.1) is 0 Å². The van der Waals surface area contributed by atoms with Crippen molar-refractivity contribution in [1.29, 1.82) is 0 Å². The van der Waals surface area contributed by atoms with Gasteiger partial charge in [0, 0.05) is 5.75 Å². The predicted molar refractivity (Wildman–Crippen MR) is 72.0 cm³/mol. The Hall–Kier alpha value is 0.0900. The van der Waals surface area contributed by atoms with E-state index in [1.807, 2.05) is 11.4 Å². The second kappa shape index (κ2) is 7.39. The molecule has 0 spiro atoms. The fraction of sp³-hybridized carbons (Fsp3) is 0.455. The van der Waals surface area contributed by atoms with Crippen LogP contribution in [0.25, 0.3) is 0 Å². The lowest BCUT2D eigenvalue weighted by molar-refractivity contribution is 0.933. The third-order valence-electron chi connectivity index (χ3n) is 1.92. The second-order valence-electron chi connectivity index (χ2n) is 3.06. The normalized spacial score (nSPS) is 11.4. The molecule has 0 amide bonds. The Kier molecular flexibility index (Phi) is 6.42. The van der Waals surface area contributed by atoms with Crippen molar-refractivity contribution in [2.24, 2.45) is 0 Å². The predicted octanol–water partition coefficient (Wildman–Crippen LogP) is 4.23. The van der Waals surface area contributed by atoms with Crippen LogP contribution in [0.15, 0.2) is 30.3 Å². The maximum absolute atomic E-state index is 5.38. The molecule has 0 saturated carbocycles. The van der Waals surface area contributed by atoms with Gasteiger partial charge in [-0.3, -0.25) is 0 Å². The highest BCUT2D eigenvalue weighted by Gasteiger charge is 2.08. The topological polar surface area (TPSA) is 0 Å². The highest BCUT2D eigenvalue weighted by atomic mass is 32.9. The second-order valence-corrected chi connectivity index (χ2v) is 9.12. The van der Waals surface area contributed by atoms with Crippen molar-refractivity contribution in [3.63, 3.8) is 0 Å². The van der Waals surface area contributed by atoms with Crippen molar-refractivity contribution in [3.8, 4) is 0 Å². The minimum Gasteiger partial charge on any atom is -0.0622 e. The molecule has 0 aliphatic rings. The molecule has 0 heterocycles. The van der Waals surface area contributed by atoms with Crippen molar-refractivity contribution in [3.05, 3.63) is 35.9 Å². The standard InChI is InChI=1S/C11H16PS2/c1-2-14-12(13)10-6-9-11-7-4-3-5-8-11/h3-5,7-8H,2,6,9-10H2,1H3/q+1. The molecule has 0 saturated heterocycles. The molecule has 3 heteroatoms. The van der Waals surface area contributed by atoms with E-state index < -0.39 is 0 Å². The largest absolute Gasteiger partial charge is 0.245 e. The molecule has 0 bridgehead atoms. The van der Waals surface area contributed by atoms with Gasteiger partial charge in [-0.05, 0) is 18.4 Å². The van der Waals surface area contributed by atoms with E-state index in [4.69, 9.17) is 11.8 Å². The fourth-order valence-corrected chi connectivity index (χ4v) is 5.07. The van der Waals surface area contributed by atoms with Crippen molar-refractivity contribution >= 4 is 29.1 Å². The Balaban J connectivity index is 2.19. The van der Waals surface area contributed by atoms with Gasteiger partial charge >= 0.3 is 0 Å². The van der Waals surface area contributed by atoms with Crippen LogP contribution in [-0.2, 0) is 18.2 Å². The number of hydrogen-bond donors (Lipinski definition) is 0. The Labute approximate surface area is 96.7 Å². The van der Waals surface area contributed by atoms with Gasteiger partial charge in [-0.2, -0.15) is 0 Å². The van der Waals surface area contributed by atoms with Crippen molar-refractivity contribution < 1.29 is 0 Å². The average Bonchev–Trinajstić information content (AvgIpc) is 2.20. The molecule has 0 fully saturated rings. The van der Waals surface area contributed by atoms with E-state index in [1.165, 1.54) is 30.3 Å². The molecule has 0 aliphatic carbocycles. The van der Waals surface area contributed by atoms with Crippen LogP contribution in [0.4, 0.5) is 0 Å². The summed E-state index contributed by atoms with van der Waals surface area (Å²) >= 11 is 7.33. The first-order valence-electron chi connectivity index (χ1n) is 4.94. The van der Waals surface area contributed by atoms with Gasteiger partial charge in [0.2, 0.25) is 5.90 Å². The van der Waals surface area contributed by atoms with Crippen molar-refractivity contribution in [2.75, 3.05) is 11.9 Å². The zero-order valence-corrected chi connectivity index (χ0v) is 11.0. The van der Waals surface area contributed by atoms with Crippen LogP contribution in [0.3, 0.4) is 0 Å². The molecule has 1 atom stereocenters. The highest BCUT2D eigenvalue weighted by molar-refractivity contribution is 8.64. The molecule has 1 rings (SSSR count). The van der Waals surface area contributed by atoms with Crippen LogP contribution >= 0.6 is 17.3 Å². The summed E-state index contributed by atoms with van der Waals surface area (Å²) in [6, 6.07) is 10.7. The van der Waals surface area contributed by atoms with E-state index in [0.717, 1.165) is 0 Å². The third kappa shape index (κ3) is 5.09. The molecular formula is C11H16PS2+. The van der Waals surface area contributed by atoms with Crippen molar-refractivity contribution in [2.45, 2.75) is 19.8 Å². The smallest absolute Gasteiger partial charge is 0.0622 e. The number of aryl methyl sites for hydroxylation is 1. The molecule has 14 heavy (non-hydrogen) atoms. The monoisotopic (exact) mass is 243 g/mol. The quantitative estimate of drug-likeness (QED) is 0.686. The summed E-state index contributed by atoms with van der Waals surface area (Å²) in [7, 11) is 0. The Bertz CT molecular complexity index is 272. The van der Waals surface area contributed by atoms with Crippen LogP contribution in [0.2, 0.25) is 0 Å². The maximum Gasteiger partial charge on any atom is 0.245 e. The zero-order valence-electron chi connectivity index (χ0n) is 8.48. The third-order valence-corrected chi connectivity index (χ3v) is 6.83. The molecule has 1 aromatic rings. The summed E-state index contributed by atoms with van der Waals surface area (Å²) < 4.78 is 0. The number of rotatable bonds is 6. The molecule has 0 N–H and O–H groups in total. The molecule has 0 radical (unpaired) electrons. The molecule has 0 aliphatic heterocycles. The van der Waals surface area contributed by atoms with Crippen LogP contribution in [0.1, 0.15) is 18.9 Å². The van der Waals surface area contributed by atoms with Gasteiger partial charge in [0.15, 0.2) is 11.8 Å². The van der Waals surface area contributed by atoms with E-state index in [9.17, 15) is 0 Å². The molecular weight excluding hydrogens is 227 g/mol. The highest BCUT2D eigenvalue weighted by Crippen LogP contribution is 2.38. The van der Waals surface area contributed by atoms with E-state index >= 15 is 0 Å². The first-order valence-corrected chi connectivity index (χ1v) is 9.07. The lowest BCUT2D eigenvalue weighted by atomic mass is 10.1. The maximum atomic E-state index is 5.38. The number of benzene rings is 1. The minimum absolute atomic E-state index is 0.177. The minimum atomic E-state index is -0.177. The summed E-state index contributed by atoms with van der Waals surface area (Å²) in [5.41, 5.74) is 1.44. The molecule has 76 valence electrons. The van der Waals surface area contributed by atoms with E-state index in [2.05, 4.69) is 37.3 Å². The van der Waals surface area contributed by atoms with Gasteiger partial charge in [-0.15, -0.1) is 0 Å². The lowest BCUT2D eigenvalue weighted by Crippen LogP contribution is -1.86. The SMILES string of the molecule is CCS[P+](=S)CCCc1ccccc1. The summed E-state index contributed by atoms with van der Waals surface area (Å²) in [6.07, 6.45) is 3.64. The Morgan fingerprint density at radius 1 is 1.29 bits per heavy atom. The molecule has 1 aromatic carbocycles. The number of hydrogen-bond acceptors (Lipinski definition) is 2. The van der Waals surface area contributed by atoms with Gasteiger partial charge in [-0.1, -0.05) is 37.3 Å². The van der Waals surface area contributed by atoms with Gasteiger partial charge in [-0.25, -0.2) is 0 Å². The zero-order chi connectivity index (χ0) is 10.2. The summed E-state index contributed by atoms with van der Waals surface area (Å²) in [4.78, 5) is 0. The van der Waals surface area contributed by atoms with Gasteiger partial charge in [0.1, 0.15) is 6.16 Å². The van der Waals surface area contributed by atoms with Gasteiger partial charge in [0.25, 0.3) is 0 Å².